The van der Waals surface area contributed by atoms with Crippen molar-refractivity contribution < 1.29 is 61.9 Å². The first kappa shape index (κ1) is 36.4. The average molecular weight is 665 g/mol. The van der Waals surface area contributed by atoms with Gasteiger partial charge < -0.3 is 33.2 Å². The van der Waals surface area contributed by atoms with Gasteiger partial charge in [-0.1, -0.05) is 19.9 Å². The van der Waals surface area contributed by atoms with E-state index in [1.165, 1.54) is 34.6 Å². The second-order valence-corrected chi connectivity index (χ2v) is 14.2. The first-order chi connectivity index (χ1) is 21.8. The Morgan fingerprint density at radius 1 is 0.851 bits per heavy atom. The van der Waals surface area contributed by atoms with Crippen molar-refractivity contribution in [2.45, 2.75) is 130 Å². The summed E-state index contributed by atoms with van der Waals surface area (Å²) in [6.45, 7) is 14.8. The molecule has 0 spiro atoms. The minimum Gasteiger partial charge on any atom is -0.462 e. The summed E-state index contributed by atoms with van der Waals surface area (Å²) in [4.78, 5) is 77.5. The summed E-state index contributed by atoms with van der Waals surface area (Å²) in [5, 5.41) is 0. The van der Waals surface area contributed by atoms with Crippen molar-refractivity contribution in [3.8, 4) is 0 Å². The lowest BCUT2D eigenvalue weighted by atomic mass is 9.53. The number of hydrogen-bond donors (Lipinski definition) is 0. The quantitative estimate of drug-likeness (QED) is 0.200. The third-order valence-electron chi connectivity index (χ3n) is 10.3. The summed E-state index contributed by atoms with van der Waals surface area (Å²) >= 11 is 0. The third-order valence-corrected chi connectivity index (χ3v) is 10.3. The van der Waals surface area contributed by atoms with Gasteiger partial charge >= 0.3 is 35.8 Å². The van der Waals surface area contributed by atoms with Crippen LogP contribution in [0.15, 0.2) is 12.2 Å². The molecular formula is C34H48O13. The van der Waals surface area contributed by atoms with Gasteiger partial charge in [-0.2, -0.15) is 0 Å². The van der Waals surface area contributed by atoms with Crippen molar-refractivity contribution in [1.82, 2.24) is 0 Å². The Morgan fingerprint density at radius 2 is 1.47 bits per heavy atom. The van der Waals surface area contributed by atoms with Crippen LogP contribution in [0.25, 0.3) is 0 Å². The van der Waals surface area contributed by atoms with Crippen LogP contribution in [0.2, 0.25) is 0 Å². The van der Waals surface area contributed by atoms with Crippen LogP contribution < -0.4 is 0 Å². The maximum Gasteiger partial charge on any atom is 0.306 e. The normalized spacial score (nSPS) is 38.6. The van der Waals surface area contributed by atoms with Gasteiger partial charge in [0.15, 0.2) is 11.7 Å². The Morgan fingerprint density at radius 3 is 2.00 bits per heavy atom. The molecule has 262 valence electrons. The zero-order chi connectivity index (χ0) is 35.3. The fourth-order valence-electron chi connectivity index (χ4n) is 9.21. The van der Waals surface area contributed by atoms with Crippen molar-refractivity contribution in [3.63, 3.8) is 0 Å². The predicted octanol–water partition coefficient (Wildman–Crippen LogP) is 3.38. The van der Waals surface area contributed by atoms with Crippen molar-refractivity contribution in [2.24, 2.45) is 29.1 Å². The number of rotatable bonds is 9. The summed E-state index contributed by atoms with van der Waals surface area (Å²) in [6.07, 6.45) is -0.733. The van der Waals surface area contributed by atoms with Gasteiger partial charge in [0.05, 0.1) is 17.9 Å². The highest BCUT2D eigenvalue weighted by molar-refractivity contribution is 5.71. The minimum atomic E-state index is -1.75. The van der Waals surface area contributed by atoms with E-state index in [1.54, 1.807) is 39.8 Å². The number of hydrogen-bond acceptors (Lipinski definition) is 13. The molecule has 0 aromatic heterocycles. The van der Waals surface area contributed by atoms with Crippen LogP contribution in [0.3, 0.4) is 0 Å². The van der Waals surface area contributed by atoms with E-state index in [1.807, 2.05) is 6.92 Å². The van der Waals surface area contributed by atoms with Crippen molar-refractivity contribution in [3.05, 3.63) is 12.2 Å². The molecule has 3 fully saturated rings. The Kier molecular flexibility index (Phi) is 9.94. The van der Waals surface area contributed by atoms with Crippen molar-refractivity contribution in [2.75, 3.05) is 6.61 Å². The van der Waals surface area contributed by atoms with Crippen molar-refractivity contribution in [1.29, 1.82) is 0 Å². The maximum atomic E-state index is 13.6. The fourth-order valence-corrected chi connectivity index (χ4v) is 9.21. The zero-order valence-corrected chi connectivity index (χ0v) is 28.9. The van der Waals surface area contributed by atoms with E-state index in [0.29, 0.717) is 6.42 Å². The van der Waals surface area contributed by atoms with Crippen LogP contribution in [0.4, 0.5) is 0 Å². The highest BCUT2D eigenvalue weighted by atomic mass is 16.6. The summed E-state index contributed by atoms with van der Waals surface area (Å²) in [5.74, 6) is -6.94. The molecule has 47 heavy (non-hydrogen) atoms. The van der Waals surface area contributed by atoms with E-state index in [0.717, 1.165) is 0 Å². The van der Waals surface area contributed by atoms with Gasteiger partial charge in [0, 0.05) is 52.9 Å². The van der Waals surface area contributed by atoms with E-state index < -0.39 is 106 Å². The third kappa shape index (κ3) is 6.15. The minimum absolute atomic E-state index is 0.0280. The molecule has 3 aliphatic carbocycles. The molecule has 11 atom stereocenters. The summed E-state index contributed by atoms with van der Waals surface area (Å²) in [7, 11) is 0. The number of ether oxygens (including phenoxy) is 7. The van der Waals surface area contributed by atoms with Crippen LogP contribution >= 0.6 is 0 Å². The molecule has 4 rings (SSSR count). The van der Waals surface area contributed by atoms with E-state index in [-0.39, 0.29) is 19.4 Å². The molecule has 0 aromatic carbocycles. The Balaban J connectivity index is 2.18. The zero-order valence-electron chi connectivity index (χ0n) is 28.9. The summed E-state index contributed by atoms with van der Waals surface area (Å²) < 4.78 is 43.5. The molecule has 2 bridgehead atoms. The average Bonchev–Trinajstić information content (AvgIpc) is 3.35. The SMILES string of the molecule is CCCC(=O)OC1C2C(OC(C)=O)C(C)CC2(OC(C)=O)C(OC(C)=O)C2(C)OCC13C(OC(C)=O)C=CC(C(C)(C)OC(C)=O)C23. The molecule has 0 N–H and O–H groups in total. The second kappa shape index (κ2) is 12.9. The number of esters is 6. The summed E-state index contributed by atoms with van der Waals surface area (Å²) in [6, 6.07) is 0. The smallest absolute Gasteiger partial charge is 0.306 e. The molecule has 0 amide bonds. The standard InChI is InChI=1S/C34H48O13/c1-11-12-25(40)45-29-26-27(43-19(4)36)17(2)15-34(26,47-22(7)39)30(44-20(5)37)32(10)28-23(31(8,9)46-21(6)38)13-14-24(42-18(3)35)33(28,29)16-41-32/h13-14,17,23-24,26-30H,11-12,15-16H2,1-10H3. The lowest BCUT2D eigenvalue weighted by molar-refractivity contribution is -0.247. The highest BCUT2D eigenvalue weighted by Crippen LogP contribution is 2.69. The Bertz CT molecular complexity index is 1340. The lowest BCUT2D eigenvalue weighted by Crippen LogP contribution is -2.64. The fraction of sp³-hybridized carbons (Fsp3) is 0.765. The van der Waals surface area contributed by atoms with E-state index in [9.17, 15) is 28.8 Å². The van der Waals surface area contributed by atoms with Crippen molar-refractivity contribution >= 4 is 35.8 Å². The monoisotopic (exact) mass is 664 g/mol. The first-order valence-corrected chi connectivity index (χ1v) is 16.2. The van der Waals surface area contributed by atoms with Gasteiger partial charge in [-0.05, 0) is 45.6 Å². The van der Waals surface area contributed by atoms with Gasteiger partial charge in [0.1, 0.15) is 29.5 Å². The number of fused-ring (bicyclic) bond motifs is 1. The van der Waals surface area contributed by atoms with Gasteiger partial charge in [-0.15, -0.1) is 0 Å². The molecule has 0 radical (unpaired) electrons. The lowest BCUT2D eigenvalue weighted by Gasteiger charge is -2.53. The number of carbonyl (C=O) groups excluding carboxylic acids is 6. The molecule has 13 nitrogen and oxygen atoms in total. The molecule has 1 heterocycles. The largest absolute Gasteiger partial charge is 0.462 e. The molecule has 0 aromatic rings. The van der Waals surface area contributed by atoms with E-state index in [4.69, 9.17) is 33.2 Å². The van der Waals surface area contributed by atoms with E-state index in [2.05, 4.69) is 0 Å². The highest BCUT2D eigenvalue weighted by Gasteiger charge is 2.82. The van der Waals surface area contributed by atoms with Gasteiger partial charge in [-0.3, -0.25) is 28.8 Å². The molecule has 11 unspecified atom stereocenters. The molecule has 2 saturated carbocycles. The van der Waals surface area contributed by atoms with E-state index >= 15 is 0 Å². The first-order valence-electron chi connectivity index (χ1n) is 16.2. The van der Waals surface area contributed by atoms with Crippen LogP contribution in [0.5, 0.6) is 0 Å². The van der Waals surface area contributed by atoms with Crippen LogP contribution in [0, 0.1) is 29.1 Å². The number of carbonyl (C=O) groups is 6. The second-order valence-electron chi connectivity index (χ2n) is 14.2. The van der Waals surface area contributed by atoms with Crippen LogP contribution in [0.1, 0.15) is 88.5 Å². The van der Waals surface area contributed by atoms with Crippen LogP contribution in [-0.2, 0) is 61.9 Å². The molecule has 1 saturated heterocycles. The molecule has 4 aliphatic rings. The molecule has 1 aliphatic heterocycles. The molecule has 13 heteroatoms. The maximum absolute atomic E-state index is 13.6. The predicted molar refractivity (Wildman–Crippen MR) is 162 cm³/mol. The topological polar surface area (TPSA) is 167 Å². The Hall–Kier alpha value is -3.48. The summed E-state index contributed by atoms with van der Waals surface area (Å²) in [5.41, 5.74) is -5.93. The Labute approximate surface area is 275 Å². The van der Waals surface area contributed by atoms with Gasteiger partial charge in [0.2, 0.25) is 0 Å². The van der Waals surface area contributed by atoms with Crippen LogP contribution in [-0.4, -0.2) is 83.6 Å². The van der Waals surface area contributed by atoms with Gasteiger partial charge in [-0.25, -0.2) is 0 Å². The van der Waals surface area contributed by atoms with Gasteiger partial charge in [0.25, 0.3) is 0 Å². The molecular weight excluding hydrogens is 616 g/mol.